The maximum Gasteiger partial charge on any atom is 0.0795 e. The van der Waals surface area contributed by atoms with Gasteiger partial charge in [0.1, 0.15) is 0 Å². The number of thiazole rings is 1. The molecule has 1 heterocycles. The molecule has 1 aromatic rings. The second-order valence-electron chi connectivity index (χ2n) is 4.33. The first kappa shape index (κ1) is 9.16. The van der Waals surface area contributed by atoms with Crippen LogP contribution in [0.1, 0.15) is 32.4 Å². The minimum absolute atomic E-state index is 0.295. The van der Waals surface area contributed by atoms with Crippen molar-refractivity contribution < 1.29 is 0 Å². The average molecular weight is 196 g/mol. The van der Waals surface area contributed by atoms with Gasteiger partial charge in [0.15, 0.2) is 0 Å². The minimum Gasteiger partial charge on any atom is -0.306 e. The fourth-order valence-corrected chi connectivity index (χ4v) is 2.15. The third-order valence-electron chi connectivity index (χ3n) is 2.81. The minimum atomic E-state index is 0.295. The summed E-state index contributed by atoms with van der Waals surface area (Å²) in [5, 5.41) is 5.67. The van der Waals surface area contributed by atoms with Crippen LogP contribution >= 0.6 is 11.3 Å². The van der Waals surface area contributed by atoms with Crippen LogP contribution in [0.4, 0.5) is 0 Å². The Morgan fingerprint density at radius 3 is 2.92 bits per heavy atom. The van der Waals surface area contributed by atoms with Crippen LogP contribution in [0.2, 0.25) is 0 Å². The highest BCUT2D eigenvalue weighted by atomic mass is 32.1. The van der Waals surface area contributed by atoms with Gasteiger partial charge in [-0.1, -0.05) is 0 Å². The summed E-state index contributed by atoms with van der Waals surface area (Å²) in [4.78, 5) is 4.26. The van der Waals surface area contributed by atoms with Crippen LogP contribution in [0, 0.1) is 5.92 Å². The summed E-state index contributed by atoms with van der Waals surface area (Å²) in [6.07, 6.45) is 2.77. The lowest BCUT2D eigenvalue weighted by atomic mass is 9.99. The van der Waals surface area contributed by atoms with Gasteiger partial charge < -0.3 is 5.32 Å². The summed E-state index contributed by atoms with van der Waals surface area (Å²) in [5.74, 6) is 0.881. The number of nitrogens with zero attached hydrogens (tertiary/aromatic N) is 1. The lowest BCUT2D eigenvalue weighted by Gasteiger charge is -2.25. The summed E-state index contributed by atoms with van der Waals surface area (Å²) in [6.45, 7) is 5.49. The topological polar surface area (TPSA) is 24.9 Å². The largest absolute Gasteiger partial charge is 0.306 e. The molecule has 1 aliphatic rings. The Morgan fingerprint density at radius 1 is 1.62 bits per heavy atom. The summed E-state index contributed by atoms with van der Waals surface area (Å²) < 4.78 is 0. The van der Waals surface area contributed by atoms with E-state index in [1.54, 1.807) is 11.3 Å². The van der Waals surface area contributed by atoms with Crippen molar-refractivity contribution in [2.24, 2.45) is 5.92 Å². The van der Waals surface area contributed by atoms with Crippen LogP contribution in [-0.4, -0.2) is 10.5 Å². The van der Waals surface area contributed by atoms with E-state index in [2.05, 4.69) is 29.5 Å². The summed E-state index contributed by atoms with van der Waals surface area (Å²) in [6, 6.07) is 0. The predicted molar refractivity (Wildman–Crippen MR) is 55.8 cm³/mol. The normalized spacial score (nSPS) is 17.7. The molecule has 13 heavy (non-hydrogen) atoms. The number of hydrogen-bond donors (Lipinski definition) is 1. The zero-order valence-electron chi connectivity index (χ0n) is 8.21. The maximum absolute atomic E-state index is 4.26. The Morgan fingerprint density at radius 2 is 2.38 bits per heavy atom. The van der Waals surface area contributed by atoms with Gasteiger partial charge in [0.05, 0.1) is 11.2 Å². The van der Waals surface area contributed by atoms with Crippen LogP contribution in [0.15, 0.2) is 10.9 Å². The third-order valence-corrected chi connectivity index (χ3v) is 3.44. The molecule has 0 saturated heterocycles. The van der Waals surface area contributed by atoms with Crippen LogP contribution in [0.3, 0.4) is 0 Å². The Labute approximate surface area is 83.4 Å². The molecule has 72 valence electrons. The molecule has 0 aliphatic heterocycles. The molecule has 1 aliphatic carbocycles. The van der Waals surface area contributed by atoms with Crippen LogP contribution in [0.5, 0.6) is 0 Å². The summed E-state index contributed by atoms with van der Waals surface area (Å²) >= 11 is 1.66. The van der Waals surface area contributed by atoms with Crippen LogP contribution < -0.4 is 5.32 Å². The Bertz CT molecular complexity index is 262. The van der Waals surface area contributed by atoms with E-state index in [9.17, 15) is 0 Å². The van der Waals surface area contributed by atoms with Gasteiger partial charge in [-0.25, -0.2) is 4.98 Å². The highest BCUT2D eigenvalue weighted by Crippen LogP contribution is 2.39. The van der Waals surface area contributed by atoms with Gasteiger partial charge in [0, 0.05) is 17.5 Å². The van der Waals surface area contributed by atoms with Crippen molar-refractivity contribution in [3.63, 3.8) is 0 Å². The highest BCUT2D eigenvalue weighted by molar-refractivity contribution is 7.07. The fraction of sp³-hybridized carbons (Fsp3) is 0.700. The van der Waals surface area contributed by atoms with E-state index in [1.807, 2.05) is 5.51 Å². The fourth-order valence-electron chi connectivity index (χ4n) is 1.59. The second-order valence-corrected chi connectivity index (χ2v) is 5.05. The number of rotatable bonds is 4. The van der Waals surface area contributed by atoms with Gasteiger partial charge in [-0.3, -0.25) is 0 Å². The molecule has 0 unspecified atom stereocenters. The predicted octanol–water partition coefficient (Wildman–Crippen LogP) is 2.42. The Hall–Kier alpha value is -0.410. The van der Waals surface area contributed by atoms with Crippen molar-refractivity contribution in [1.82, 2.24) is 10.3 Å². The molecular formula is C10H16N2S. The van der Waals surface area contributed by atoms with Crippen molar-refractivity contribution in [2.75, 3.05) is 0 Å². The van der Waals surface area contributed by atoms with Gasteiger partial charge in [-0.15, -0.1) is 11.3 Å². The van der Waals surface area contributed by atoms with Gasteiger partial charge in [-0.05, 0) is 32.6 Å². The van der Waals surface area contributed by atoms with E-state index in [-0.39, 0.29) is 0 Å². The smallest absolute Gasteiger partial charge is 0.0795 e. The molecule has 0 atom stereocenters. The number of hydrogen-bond acceptors (Lipinski definition) is 3. The van der Waals surface area contributed by atoms with Crippen LogP contribution in [0.25, 0.3) is 0 Å². The zero-order valence-corrected chi connectivity index (χ0v) is 9.03. The molecule has 1 saturated carbocycles. The van der Waals surface area contributed by atoms with E-state index in [4.69, 9.17) is 0 Å². The van der Waals surface area contributed by atoms with Crippen molar-refractivity contribution in [2.45, 2.75) is 38.8 Å². The molecule has 0 amide bonds. The molecular weight excluding hydrogens is 180 g/mol. The lowest BCUT2D eigenvalue weighted by molar-refractivity contribution is 0.338. The third kappa shape index (κ3) is 2.29. The van der Waals surface area contributed by atoms with Crippen molar-refractivity contribution in [3.05, 3.63) is 16.6 Å². The Balaban J connectivity index is 1.84. The molecule has 0 bridgehead atoms. The first-order valence-electron chi connectivity index (χ1n) is 4.80. The first-order valence-corrected chi connectivity index (χ1v) is 5.75. The average Bonchev–Trinajstić information content (AvgIpc) is 2.82. The first-order chi connectivity index (χ1) is 6.18. The van der Waals surface area contributed by atoms with Gasteiger partial charge >= 0.3 is 0 Å². The molecule has 2 rings (SSSR count). The zero-order chi connectivity index (χ0) is 9.31. The second kappa shape index (κ2) is 3.39. The van der Waals surface area contributed by atoms with E-state index >= 15 is 0 Å². The molecule has 2 nitrogen and oxygen atoms in total. The van der Waals surface area contributed by atoms with Gasteiger partial charge in [0.25, 0.3) is 0 Å². The summed E-state index contributed by atoms with van der Waals surface area (Å²) in [7, 11) is 0. The summed E-state index contributed by atoms with van der Waals surface area (Å²) in [5.41, 5.74) is 3.35. The molecule has 1 fully saturated rings. The molecule has 0 radical (unpaired) electrons. The maximum atomic E-state index is 4.26. The van der Waals surface area contributed by atoms with Gasteiger partial charge in [-0.2, -0.15) is 0 Å². The molecule has 0 aromatic carbocycles. The van der Waals surface area contributed by atoms with E-state index in [0.29, 0.717) is 5.54 Å². The SMILES string of the molecule is CC(C)(NCc1cscn1)C1CC1. The number of nitrogens with one attached hydrogen (secondary N) is 1. The van der Waals surface area contributed by atoms with Crippen LogP contribution in [-0.2, 0) is 6.54 Å². The van der Waals surface area contributed by atoms with Crippen molar-refractivity contribution in [1.29, 1.82) is 0 Å². The number of aromatic nitrogens is 1. The van der Waals surface area contributed by atoms with Crippen molar-refractivity contribution in [3.8, 4) is 0 Å². The molecule has 0 spiro atoms. The molecule has 1 N–H and O–H groups in total. The molecule has 1 aromatic heterocycles. The van der Waals surface area contributed by atoms with E-state index in [0.717, 1.165) is 12.5 Å². The highest BCUT2D eigenvalue weighted by Gasteiger charge is 2.37. The quantitative estimate of drug-likeness (QED) is 0.800. The monoisotopic (exact) mass is 196 g/mol. The molecule has 3 heteroatoms. The Kier molecular flexibility index (Phi) is 2.39. The van der Waals surface area contributed by atoms with Crippen molar-refractivity contribution >= 4 is 11.3 Å². The van der Waals surface area contributed by atoms with E-state index in [1.165, 1.54) is 18.5 Å². The standard InChI is InChI=1S/C10H16N2S/c1-10(2,8-3-4-8)12-5-9-6-13-7-11-9/h6-8,12H,3-5H2,1-2H3. The van der Waals surface area contributed by atoms with Gasteiger partial charge in [0.2, 0.25) is 0 Å². The van der Waals surface area contributed by atoms with E-state index < -0.39 is 0 Å². The lowest BCUT2D eigenvalue weighted by Crippen LogP contribution is -2.40.